The van der Waals surface area contributed by atoms with Crippen LogP contribution in [0.2, 0.25) is 0 Å². The molecule has 0 fully saturated rings. The second kappa shape index (κ2) is 14.7. The van der Waals surface area contributed by atoms with E-state index in [0.29, 0.717) is 22.9 Å². The maximum Gasteiger partial charge on any atom is 1.00 e. The quantitative estimate of drug-likeness (QED) is 0.194. The molecule has 13 heteroatoms. The van der Waals surface area contributed by atoms with Crippen molar-refractivity contribution >= 4 is 18.1 Å². The summed E-state index contributed by atoms with van der Waals surface area (Å²) in [5, 5.41) is 16.9. The van der Waals surface area contributed by atoms with Gasteiger partial charge in [0.2, 0.25) is 5.89 Å². The Bertz CT molecular complexity index is 1390. The van der Waals surface area contributed by atoms with Crippen molar-refractivity contribution < 1.29 is 67.9 Å². The Morgan fingerprint density at radius 1 is 1.00 bits per heavy atom. The predicted molar refractivity (Wildman–Crippen MR) is 135 cm³/mol. The van der Waals surface area contributed by atoms with Crippen LogP contribution in [0, 0.1) is 0 Å². The van der Waals surface area contributed by atoms with Crippen LogP contribution in [0.4, 0.5) is 13.2 Å². The molecule has 0 aliphatic carbocycles. The number of aliphatic carboxylic acids is 1. The number of carboxylic acids is 1. The van der Waals surface area contributed by atoms with Crippen LogP contribution < -0.4 is 39.0 Å². The monoisotopic (exact) mass is 566 g/mol. The van der Waals surface area contributed by atoms with Gasteiger partial charge in [-0.1, -0.05) is 24.3 Å². The van der Waals surface area contributed by atoms with Crippen LogP contribution >= 0.6 is 0 Å². The summed E-state index contributed by atoms with van der Waals surface area (Å²) in [7, 11) is 0. The molecule has 0 spiro atoms. The molecule has 9 nitrogen and oxygen atoms in total. The minimum absolute atomic E-state index is 0. The zero-order valence-electron chi connectivity index (χ0n) is 22.7. The molecule has 2 aromatic heterocycles. The molecule has 2 heterocycles. The molecule has 0 radical (unpaired) electrons. The molecule has 0 atom stereocenters. The molecular weight excluding hydrogens is 540 g/mol. The summed E-state index contributed by atoms with van der Waals surface area (Å²) in [5.74, 6) is -0.240. The number of hydrogen-bond acceptors (Lipinski definition) is 7. The van der Waals surface area contributed by atoms with Crippen LogP contribution in [0.3, 0.4) is 0 Å². The van der Waals surface area contributed by atoms with Crippen LogP contribution in [0.15, 0.2) is 65.4 Å². The number of aryl methyl sites for hydroxylation is 2. The number of benzene rings is 2. The largest absolute Gasteiger partial charge is 1.00 e. The van der Waals surface area contributed by atoms with E-state index in [4.69, 9.17) is 14.3 Å². The van der Waals surface area contributed by atoms with Crippen LogP contribution in [0.25, 0.3) is 12.2 Å². The number of carboxylic acid groups (broad SMARTS) is 1. The van der Waals surface area contributed by atoms with E-state index >= 15 is 0 Å². The standard InChI is InChI=1S/C27H25F3N4O5.Na.H/c28-27(29,30)39-24-12-7-20(8-13-24)9-14-25-32-22(18-38-25)17-37-23-10-5-19(6-11-23)3-1-2-4-21-15-31-34(33-21)16-26(35)36;;/h5-15,18H,1-4,16-17H2,(H,35,36);;/q;+1;-1. The van der Waals surface area contributed by atoms with Crippen molar-refractivity contribution in [2.75, 3.05) is 0 Å². The Kier molecular flexibility index (Phi) is 11.4. The van der Waals surface area contributed by atoms with Gasteiger partial charge in [0.25, 0.3) is 0 Å². The summed E-state index contributed by atoms with van der Waals surface area (Å²) in [6.45, 7) is -0.0310. The van der Waals surface area contributed by atoms with E-state index in [-0.39, 0.29) is 49.9 Å². The van der Waals surface area contributed by atoms with E-state index in [2.05, 4.69) is 19.9 Å². The normalized spacial score (nSPS) is 11.4. The summed E-state index contributed by atoms with van der Waals surface area (Å²) in [4.78, 5) is 16.2. The first-order chi connectivity index (χ1) is 18.7. The molecular formula is C27H26F3N4NaO5. The van der Waals surface area contributed by atoms with Crippen molar-refractivity contribution in [3.63, 3.8) is 0 Å². The van der Waals surface area contributed by atoms with Gasteiger partial charge in [-0.25, -0.2) is 4.98 Å². The smallest absolute Gasteiger partial charge is 1.00 e. The van der Waals surface area contributed by atoms with Gasteiger partial charge in [-0.3, -0.25) is 4.79 Å². The van der Waals surface area contributed by atoms with Crippen LogP contribution in [0.1, 0.15) is 42.7 Å². The van der Waals surface area contributed by atoms with Gasteiger partial charge in [-0.15, -0.1) is 13.2 Å². The van der Waals surface area contributed by atoms with E-state index in [1.165, 1.54) is 40.9 Å². The molecule has 2 aromatic carbocycles. The van der Waals surface area contributed by atoms with Gasteiger partial charge in [-0.05, 0) is 67.2 Å². The first-order valence-electron chi connectivity index (χ1n) is 12.0. The average molecular weight is 567 g/mol. The molecule has 4 aromatic rings. The fourth-order valence-electron chi connectivity index (χ4n) is 3.60. The number of aromatic nitrogens is 4. The number of unbranched alkanes of at least 4 members (excludes halogenated alkanes) is 1. The van der Waals surface area contributed by atoms with Gasteiger partial charge in [0.05, 0.1) is 11.9 Å². The fraction of sp³-hybridized carbons (Fsp3) is 0.259. The molecule has 1 N–H and O–H groups in total. The molecule has 0 aliphatic rings. The number of rotatable bonds is 13. The molecule has 0 saturated carbocycles. The van der Waals surface area contributed by atoms with Crippen molar-refractivity contribution in [2.45, 2.75) is 45.2 Å². The maximum atomic E-state index is 12.3. The molecule has 0 amide bonds. The summed E-state index contributed by atoms with van der Waals surface area (Å²) >= 11 is 0. The number of nitrogens with zero attached hydrogens (tertiary/aromatic N) is 4. The summed E-state index contributed by atoms with van der Waals surface area (Å²) in [5.41, 5.74) is 3.20. The molecule has 0 saturated heterocycles. The maximum absolute atomic E-state index is 12.3. The molecule has 40 heavy (non-hydrogen) atoms. The van der Waals surface area contributed by atoms with Gasteiger partial charge in [-0.2, -0.15) is 15.0 Å². The fourth-order valence-corrected chi connectivity index (χ4v) is 3.60. The second-order valence-corrected chi connectivity index (χ2v) is 8.53. The summed E-state index contributed by atoms with van der Waals surface area (Å²) in [6.07, 6.45) is 5.10. The Balaban J connectivity index is 0.00000294. The average Bonchev–Trinajstić information content (AvgIpc) is 3.54. The third-order valence-corrected chi connectivity index (χ3v) is 5.42. The molecule has 4 rings (SSSR count). The number of alkyl halides is 3. The van der Waals surface area contributed by atoms with Crippen LogP contribution in [0.5, 0.6) is 11.5 Å². The SMILES string of the molecule is O=C(O)Cn1ncc(CCCCc2ccc(OCc3coc(C=Cc4ccc(OC(F)(F)F)cc4)n3)cc2)n1.[H-].[Na+]. The van der Waals surface area contributed by atoms with Gasteiger partial charge in [0.1, 0.15) is 30.1 Å². The number of hydrogen-bond donors (Lipinski definition) is 1. The van der Waals surface area contributed by atoms with E-state index < -0.39 is 12.3 Å². The number of carbonyl (C=O) groups is 1. The zero-order chi connectivity index (χ0) is 27.7. The van der Waals surface area contributed by atoms with Crippen molar-refractivity contribution in [1.82, 2.24) is 20.0 Å². The molecule has 0 aliphatic heterocycles. The molecule has 206 valence electrons. The Morgan fingerprint density at radius 3 is 2.40 bits per heavy atom. The van der Waals surface area contributed by atoms with E-state index in [1.807, 2.05) is 24.3 Å². The van der Waals surface area contributed by atoms with E-state index in [9.17, 15) is 18.0 Å². The first-order valence-corrected chi connectivity index (χ1v) is 12.0. The topological polar surface area (TPSA) is 112 Å². The van der Waals surface area contributed by atoms with Gasteiger partial charge < -0.3 is 20.4 Å². The van der Waals surface area contributed by atoms with Crippen LogP contribution in [-0.2, 0) is 30.8 Å². The minimum Gasteiger partial charge on any atom is -1.00 e. The van der Waals surface area contributed by atoms with Gasteiger partial charge >= 0.3 is 41.9 Å². The Morgan fingerprint density at radius 2 is 1.70 bits per heavy atom. The predicted octanol–water partition coefficient (Wildman–Crippen LogP) is 2.68. The third kappa shape index (κ3) is 10.5. The van der Waals surface area contributed by atoms with Gasteiger partial charge in [0, 0.05) is 6.08 Å². The Hall–Kier alpha value is -3.61. The summed E-state index contributed by atoms with van der Waals surface area (Å²) < 4.78 is 51.8. The molecule has 0 bridgehead atoms. The van der Waals surface area contributed by atoms with Crippen LogP contribution in [-0.4, -0.2) is 37.4 Å². The van der Waals surface area contributed by atoms with Gasteiger partial charge in [0.15, 0.2) is 6.54 Å². The first kappa shape index (κ1) is 30.9. The number of halogens is 3. The summed E-state index contributed by atoms with van der Waals surface area (Å²) in [6, 6.07) is 13.2. The van der Waals surface area contributed by atoms with E-state index in [1.54, 1.807) is 18.3 Å². The van der Waals surface area contributed by atoms with Crippen molar-refractivity contribution in [2.24, 2.45) is 0 Å². The van der Waals surface area contributed by atoms with Crippen molar-refractivity contribution in [3.05, 3.63) is 89.4 Å². The minimum atomic E-state index is -4.73. The van der Waals surface area contributed by atoms with Crippen molar-refractivity contribution in [1.29, 1.82) is 0 Å². The third-order valence-electron chi connectivity index (χ3n) is 5.42. The number of ether oxygens (including phenoxy) is 2. The second-order valence-electron chi connectivity index (χ2n) is 8.53. The zero-order valence-corrected chi connectivity index (χ0v) is 23.7. The number of oxazole rings is 1. The Labute approximate surface area is 251 Å². The van der Waals surface area contributed by atoms with Crippen molar-refractivity contribution in [3.8, 4) is 11.5 Å². The van der Waals surface area contributed by atoms with E-state index in [0.717, 1.165) is 31.4 Å². The molecule has 0 unspecified atom stereocenters.